The van der Waals surface area contributed by atoms with Gasteiger partial charge in [-0.05, 0) is 6.42 Å². The minimum atomic E-state index is 0.527. The minimum absolute atomic E-state index is 0.527. The lowest BCUT2D eigenvalue weighted by Gasteiger charge is -2.00. The molecule has 1 aromatic heterocycles. The Hall–Kier alpha value is -0.540. The summed E-state index contributed by atoms with van der Waals surface area (Å²) in [5, 5.41) is 4.99. The molecule has 4 heteroatoms. The van der Waals surface area contributed by atoms with Crippen LogP contribution < -0.4 is 0 Å². The van der Waals surface area contributed by atoms with E-state index < -0.39 is 0 Å². The molecule has 0 spiro atoms. The van der Waals surface area contributed by atoms with Crippen LogP contribution in [-0.4, -0.2) is 16.9 Å². The third-order valence-electron chi connectivity index (χ3n) is 1.80. The van der Waals surface area contributed by atoms with Gasteiger partial charge in [-0.15, -0.1) is 0 Å². The first kappa shape index (κ1) is 10.5. The largest absolute Gasteiger partial charge is 0.378 e. The van der Waals surface area contributed by atoms with Crippen molar-refractivity contribution in [3.63, 3.8) is 0 Å². The smallest absolute Gasteiger partial charge is 0.127 e. The Morgan fingerprint density at radius 1 is 1.62 bits per heavy atom. The summed E-state index contributed by atoms with van der Waals surface area (Å²) in [4.78, 5) is 0. The number of unbranched alkanes of at least 4 members (excludes halogenated alkanes) is 1. The number of hydrogen-bond donors (Lipinski definition) is 0. The maximum atomic E-state index is 5.96. The molecular formula is C9H15ClN2O. The highest BCUT2D eigenvalue weighted by molar-refractivity contribution is 6.29. The molecule has 1 heterocycles. The quantitative estimate of drug-likeness (QED) is 0.734. The van der Waals surface area contributed by atoms with Crippen LogP contribution in [0.25, 0.3) is 0 Å². The van der Waals surface area contributed by atoms with Crippen LogP contribution in [0.4, 0.5) is 0 Å². The zero-order valence-corrected chi connectivity index (χ0v) is 8.84. The molecule has 0 N–H and O–H groups in total. The number of ether oxygens (including phenoxy) is 1. The molecule has 0 aromatic carbocycles. The molecule has 1 rings (SSSR count). The van der Waals surface area contributed by atoms with E-state index in [4.69, 9.17) is 16.3 Å². The summed E-state index contributed by atoms with van der Waals surface area (Å²) in [7, 11) is 1.65. The molecule has 0 fully saturated rings. The van der Waals surface area contributed by atoms with Crippen LogP contribution in [0, 0.1) is 0 Å². The Morgan fingerprint density at radius 3 is 3.00 bits per heavy atom. The van der Waals surface area contributed by atoms with E-state index in [9.17, 15) is 0 Å². The molecular weight excluding hydrogens is 188 g/mol. The van der Waals surface area contributed by atoms with Crippen LogP contribution in [0.2, 0.25) is 5.15 Å². The van der Waals surface area contributed by atoms with Gasteiger partial charge >= 0.3 is 0 Å². The highest BCUT2D eigenvalue weighted by atomic mass is 35.5. The van der Waals surface area contributed by atoms with E-state index >= 15 is 0 Å². The fourth-order valence-electron chi connectivity index (χ4n) is 1.13. The number of methoxy groups -OCH3 is 1. The summed E-state index contributed by atoms with van der Waals surface area (Å²) < 4.78 is 6.79. The van der Waals surface area contributed by atoms with Gasteiger partial charge in [-0.1, -0.05) is 24.9 Å². The summed E-state index contributed by atoms with van der Waals surface area (Å²) >= 11 is 5.96. The summed E-state index contributed by atoms with van der Waals surface area (Å²) in [6.07, 6.45) is 2.25. The second-order valence-electron chi connectivity index (χ2n) is 2.97. The maximum Gasteiger partial charge on any atom is 0.127 e. The van der Waals surface area contributed by atoms with Crippen molar-refractivity contribution < 1.29 is 4.74 Å². The predicted molar refractivity (Wildman–Crippen MR) is 52.9 cm³/mol. The molecule has 1 aromatic rings. The molecule has 0 aliphatic heterocycles. The van der Waals surface area contributed by atoms with Crippen LogP contribution in [-0.2, 0) is 17.9 Å². The molecule has 0 amide bonds. The number of aromatic nitrogens is 2. The van der Waals surface area contributed by atoms with E-state index in [1.54, 1.807) is 7.11 Å². The zero-order chi connectivity index (χ0) is 9.68. The van der Waals surface area contributed by atoms with Crippen LogP contribution in [0.1, 0.15) is 25.5 Å². The van der Waals surface area contributed by atoms with Crippen molar-refractivity contribution in [2.24, 2.45) is 0 Å². The molecule has 74 valence electrons. The van der Waals surface area contributed by atoms with Crippen molar-refractivity contribution >= 4 is 11.6 Å². The minimum Gasteiger partial charge on any atom is -0.378 e. The second kappa shape index (κ2) is 5.25. The lowest BCUT2D eigenvalue weighted by atomic mass is 10.3. The van der Waals surface area contributed by atoms with Gasteiger partial charge in [0.25, 0.3) is 0 Å². The van der Waals surface area contributed by atoms with Gasteiger partial charge in [0.1, 0.15) is 5.15 Å². The van der Waals surface area contributed by atoms with Crippen molar-refractivity contribution in [3.8, 4) is 0 Å². The molecule has 0 radical (unpaired) electrons. The van der Waals surface area contributed by atoms with E-state index in [-0.39, 0.29) is 0 Å². The lowest BCUT2D eigenvalue weighted by Crippen LogP contribution is -2.00. The second-order valence-corrected chi connectivity index (χ2v) is 3.36. The highest BCUT2D eigenvalue weighted by Gasteiger charge is 2.04. The molecule has 0 saturated heterocycles. The van der Waals surface area contributed by atoms with Crippen molar-refractivity contribution in [1.82, 2.24) is 9.78 Å². The average Bonchev–Trinajstić information content (AvgIpc) is 2.44. The Bertz CT molecular complexity index is 260. The van der Waals surface area contributed by atoms with Gasteiger partial charge in [0, 0.05) is 19.7 Å². The lowest BCUT2D eigenvalue weighted by molar-refractivity contribution is 0.180. The van der Waals surface area contributed by atoms with E-state index in [1.165, 1.54) is 0 Å². The van der Waals surface area contributed by atoms with Crippen molar-refractivity contribution in [1.29, 1.82) is 0 Å². The summed E-state index contributed by atoms with van der Waals surface area (Å²) in [5.74, 6) is 0. The first-order valence-corrected chi connectivity index (χ1v) is 4.87. The first-order chi connectivity index (χ1) is 6.27. The van der Waals surface area contributed by atoms with Gasteiger partial charge in [0.2, 0.25) is 0 Å². The Morgan fingerprint density at radius 2 is 2.38 bits per heavy atom. The topological polar surface area (TPSA) is 27.1 Å². The fraction of sp³-hybridized carbons (Fsp3) is 0.667. The molecule has 0 aliphatic rings. The van der Waals surface area contributed by atoms with E-state index in [0.717, 1.165) is 25.1 Å². The maximum absolute atomic E-state index is 5.96. The molecule has 13 heavy (non-hydrogen) atoms. The number of rotatable bonds is 5. The average molecular weight is 203 g/mol. The van der Waals surface area contributed by atoms with E-state index in [2.05, 4.69) is 12.0 Å². The number of hydrogen-bond acceptors (Lipinski definition) is 2. The van der Waals surface area contributed by atoms with Gasteiger partial charge in [-0.25, -0.2) is 0 Å². The molecule has 0 atom stereocenters. The standard InChI is InChI=1S/C9H15ClN2O/c1-3-4-5-12-9(10)6-8(11-12)7-13-2/h6H,3-5,7H2,1-2H3. The van der Waals surface area contributed by atoms with E-state index in [0.29, 0.717) is 11.8 Å². The SMILES string of the molecule is CCCCn1nc(COC)cc1Cl. The van der Waals surface area contributed by atoms with Gasteiger partial charge in [-0.3, -0.25) is 4.68 Å². The molecule has 0 aliphatic carbocycles. The zero-order valence-electron chi connectivity index (χ0n) is 8.09. The van der Waals surface area contributed by atoms with Gasteiger partial charge in [0.15, 0.2) is 0 Å². The number of nitrogens with zero attached hydrogens (tertiary/aromatic N) is 2. The summed E-state index contributed by atoms with van der Waals surface area (Å²) in [5.41, 5.74) is 0.892. The van der Waals surface area contributed by atoms with Crippen LogP contribution in [0.3, 0.4) is 0 Å². The molecule has 0 saturated carbocycles. The van der Waals surface area contributed by atoms with Crippen molar-refractivity contribution in [3.05, 3.63) is 16.9 Å². The third kappa shape index (κ3) is 3.01. The fourth-order valence-corrected chi connectivity index (χ4v) is 1.38. The molecule has 0 bridgehead atoms. The van der Waals surface area contributed by atoms with Crippen molar-refractivity contribution in [2.45, 2.75) is 32.9 Å². The normalized spacial score (nSPS) is 10.7. The molecule has 3 nitrogen and oxygen atoms in total. The summed E-state index contributed by atoms with van der Waals surface area (Å²) in [6, 6.07) is 1.85. The Balaban J connectivity index is 2.60. The number of aryl methyl sites for hydroxylation is 1. The monoisotopic (exact) mass is 202 g/mol. The highest BCUT2D eigenvalue weighted by Crippen LogP contribution is 2.12. The number of halogens is 1. The van der Waals surface area contributed by atoms with Crippen LogP contribution in [0.5, 0.6) is 0 Å². The van der Waals surface area contributed by atoms with Crippen molar-refractivity contribution in [2.75, 3.05) is 7.11 Å². The van der Waals surface area contributed by atoms with Gasteiger partial charge in [-0.2, -0.15) is 5.10 Å². The van der Waals surface area contributed by atoms with Crippen LogP contribution in [0.15, 0.2) is 6.07 Å². The van der Waals surface area contributed by atoms with Gasteiger partial charge < -0.3 is 4.74 Å². The third-order valence-corrected chi connectivity index (χ3v) is 2.10. The van der Waals surface area contributed by atoms with Gasteiger partial charge in [0.05, 0.1) is 12.3 Å². The van der Waals surface area contributed by atoms with E-state index in [1.807, 2.05) is 10.7 Å². The van der Waals surface area contributed by atoms with Crippen LogP contribution >= 0.6 is 11.6 Å². The predicted octanol–water partition coefficient (Wildman–Crippen LogP) is 2.48. The molecule has 0 unspecified atom stereocenters. The first-order valence-electron chi connectivity index (χ1n) is 4.49. The Kier molecular flexibility index (Phi) is 4.25. The Labute approximate surface area is 83.6 Å². The summed E-state index contributed by atoms with van der Waals surface area (Å²) in [6.45, 7) is 3.56.